The van der Waals surface area contributed by atoms with Gasteiger partial charge in [-0.15, -0.1) is 11.3 Å². The van der Waals surface area contributed by atoms with E-state index in [1.807, 2.05) is 29.6 Å². The smallest absolute Gasteiger partial charge is 0.258 e. The van der Waals surface area contributed by atoms with Crippen LogP contribution in [0.3, 0.4) is 0 Å². The number of amides is 2. The second kappa shape index (κ2) is 8.45. The minimum atomic E-state index is -0.168. The van der Waals surface area contributed by atoms with E-state index in [0.29, 0.717) is 29.9 Å². The maximum atomic E-state index is 13.4. The molecule has 0 unspecified atom stereocenters. The van der Waals surface area contributed by atoms with Gasteiger partial charge in [0.1, 0.15) is 0 Å². The summed E-state index contributed by atoms with van der Waals surface area (Å²) in [6.45, 7) is 10.4. The van der Waals surface area contributed by atoms with Crippen LogP contribution in [0.2, 0.25) is 0 Å². The van der Waals surface area contributed by atoms with Crippen LogP contribution in [-0.4, -0.2) is 35.3 Å². The third-order valence-corrected chi connectivity index (χ3v) is 5.83. The Morgan fingerprint density at radius 1 is 1.14 bits per heavy atom. The van der Waals surface area contributed by atoms with Gasteiger partial charge in [-0.3, -0.25) is 19.4 Å². The van der Waals surface area contributed by atoms with Crippen molar-refractivity contribution >= 4 is 40.2 Å². The maximum Gasteiger partial charge on any atom is 0.258 e. The van der Waals surface area contributed by atoms with Crippen LogP contribution in [0.15, 0.2) is 35.0 Å². The lowest BCUT2D eigenvalue weighted by Crippen LogP contribution is -2.44. The molecule has 1 aromatic carbocycles. The minimum absolute atomic E-state index is 0.00866. The summed E-state index contributed by atoms with van der Waals surface area (Å²) in [5.41, 5.74) is 2.63. The second-order valence-electron chi connectivity index (χ2n) is 8.13. The molecule has 1 N–H and O–H groups in total. The highest BCUT2D eigenvalue weighted by Gasteiger charge is 2.30. The number of anilines is 3. The van der Waals surface area contributed by atoms with Gasteiger partial charge in [0.05, 0.1) is 22.6 Å². The van der Waals surface area contributed by atoms with Crippen LogP contribution in [0.25, 0.3) is 0 Å². The first kappa shape index (κ1) is 20.6. The van der Waals surface area contributed by atoms with Crippen LogP contribution in [0, 0.1) is 0 Å². The summed E-state index contributed by atoms with van der Waals surface area (Å²) in [5, 5.41) is 6.62. The average Bonchev–Trinajstić information content (AvgIpc) is 3.07. The Morgan fingerprint density at radius 3 is 2.61 bits per heavy atom. The fraction of sp³-hybridized carbons (Fsp3) is 0.455. The van der Waals surface area contributed by atoms with E-state index in [2.05, 4.69) is 37.9 Å². The first-order valence-corrected chi connectivity index (χ1v) is 10.8. The summed E-state index contributed by atoms with van der Waals surface area (Å²) in [4.78, 5) is 30.0. The maximum absolute atomic E-state index is 13.4. The summed E-state index contributed by atoms with van der Waals surface area (Å²) < 4.78 is 0. The molecule has 3 rings (SSSR count). The third kappa shape index (κ3) is 4.28. The zero-order valence-electron chi connectivity index (χ0n) is 17.1. The zero-order chi connectivity index (χ0) is 20.3. The topological polar surface area (TPSA) is 52.7 Å². The van der Waals surface area contributed by atoms with Gasteiger partial charge in [0.2, 0.25) is 5.91 Å². The van der Waals surface area contributed by atoms with Crippen molar-refractivity contribution in [3.05, 3.63) is 40.6 Å². The van der Waals surface area contributed by atoms with E-state index in [4.69, 9.17) is 0 Å². The zero-order valence-corrected chi connectivity index (χ0v) is 17.9. The molecular weight excluding hydrogens is 370 g/mol. The van der Waals surface area contributed by atoms with Crippen LogP contribution < -0.4 is 10.2 Å². The van der Waals surface area contributed by atoms with E-state index in [9.17, 15) is 9.59 Å². The van der Waals surface area contributed by atoms with Crippen LogP contribution >= 0.6 is 11.3 Å². The Bertz CT molecular complexity index is 853. The van der Waals surface area contributed by atoms with Crippen molar-refractivity contribution in [2.75, 3.05) is 23.3 Å². The van der Waals surface area contributed by atoms with Gasteiger partial charge in [-0.05, 0) is 45.9 Å². The van der Waals surface area contributed by atoms with Crippen LogP contribution in [0.1, 0.15) is 57.3 Å². The van der Waals surface area contributed by atoms with Crippen molar-refractivity contribution in [2.24, 2.45) is 0 Å². The Hall–Kier alpha value is -2.18. The van der Waals surface area contributed by atoms with Gasteiger partial charge in [0.25, 0.3) is 5.91 Å². The normalized spacial score (nSPS) is 13.8. The number of fused-ring (bicyclic) bond motifs is 2. The van der Waals surface area contributed by atoms with Crippen molar-refractivity contribution in [3.8, 4) is 0 Å². The molecule has 6 heteroatoms. The van der Waals surface area contributed by atoms with E-state index < -0.39 is 0 Å². The van der Waals surface area contributed by atoms with Gasteiger partial charge < -0.3 is 5.32 Å². The van der Waals surface area contributed by atoms with Crippen molar-refractivity contribution in [1.29, 1.82) is 0 Å². The Kier molecular flexibility index (Phi) is 6.20. The summed E-state index contributed by atoms with van der Waals surface area (Å²) in [7, 11) is 0. The van der Waals surface area contributed by atoms with Crippen molar-refractivity contribution in [2.45, 2.75) is 52.5 Å². The molecule has 0 saturated carbocycles. The molecule has 2 amide bonds. The van der Waals surface area contributed by atoms with Crippen LogP contribution in [0.4, 0.5) is 17.1 Å². The number of carbonyl (C=O) groups is 2. The summed E-state index contributed by atoms with van der Waals surface area (Å²) in [6.07, 6.45) is 2.65. The minimum Gasteiger partial charge on any atom is -0.320 e. The molecule has 0 spiro atoms. The molecule has 1 aromatic heterocycles. The number of carbonyl (C=O) groups excluding carboxylic acids is 2. The monoisotopic (exact) mass is 399 g/mol. The number of thiophene rings is 1. The average molecular weight is 400 g/mol. The lowest BCUT2D eigenvalue weighted by atomic mass is 10.0. The first-order valence-electron chi connectivity index (χ1n) is 9.87. The number of benzene rings is 1. The molecule has 28 heavy (non-hydrogen) atoms. The number of nitrogens with zero attached hydrogens (tertiary/aromatic N) is 2. The van der Waals surface area contributed by atoms with Gasteiger partial charge in [-0.2, -0.15) is 0 Å². The van der Waals surface area contributed by atoms with Crippen molar-refractivity contribution in [1.82, 2.24) is 4.90 Å². The molecule has 0 saturated heterocycles. The molecular formula is C22H29N3O2S. The van der Waals surface area contributed by atoms with E-state index in [-0.39, 0.29) is 17.4 Å². The SMILES string of the molecule is CCCCN(CCC(=O)N1c2ccccc2NC(=O)c2cscc21)C(C)(C)C. The molecule has 0 bridgehead atoms. The van der Waals surface area contributed by atoms with Crippen molar-refractivity contribution in [3.63, 3.8) is 0 Å². The lowest BCUT2D eigenvalue weighted by Gasteiger charge is -2.36. The molecule has 0 aliphatic carbocycles. The number of unbranched alkanes of at least 4 members (excludes halogenated alkanes) is 1. The lowest BCUT2D eigenvalue weighted by molar-refractivity contribution is -0.118. The number of hydrogen-bond donors (Lipinski definition) is 1. The predicted octanol–water partition coefficient (Wildman–Crippen LogP) is 5.27. The van der Waals surface area contributed by atoms with Gasteiger partial charge >= 0.3 is 0 Å². The quantitative estimate of drug-likeness (QED) is 0.720. The highest BCUT2D eigenvalue weighted by atomic mass is 32.1. The van der Waals surface area contributed by atoms with Crippen LogP contribution in [0.5, 0.6) is 0 Å². The van der Waals surface area contributed by atoms with Crippen molar-refractivity contribution < 1.29 is 9.59 Å². The molecule has 0 fully saturated rings. The first-order chi connectivity index (χ1) is 13.3. The second-order valence-corrected chi connectivity index (χ2v) is 8.88. The van der Waals surface area contributed by atoms with E-state index in [1.165, 1.54) is 11.3 Å². The fourth-order valence-corrected chi connectivity index (χ4v) is 4.26. The molecule has 2 aromatic rings. The standard InChI is InChI=1S/C22H29N3O2S/c1-5-6-12-24(22(2,3)4)13-11-20(26)25-18-10-8-7-9-17(18)23-21(27)16-14-28-15-19(16)25/h7-10,14-15H,5-6,11-13H2,1-4H3,(H,23,27). The van der Waals surface area contributed by atoms with Gasteiger partial charge in [-0.25, -0.2) is 0 Å². The largest absolute Gasteiger partial charge is 0.320 e. The Labute approximate surface area is 171 Å². The van der Waals surface area contributed by atoms with Gasteiger partial charge in [0.15, 0.2) is 0 Å². The summed E-state index contributed by atoms with van der Waals surface area (Å²) in [5.74, 6) is -0.160. The molecule has 150 valence electrons. The molecule has 1 aliphatic rings. The molecule has 5 nitrogen and oxygen atoms in total. The highest BCUT2D eigenvalue weighted by molar-refractivity contribution is 7.08. The number of para-hydroxylation sites is 2. The summed E-state index contributed by atoms with van der Waals surface area (Å²) in [6, 6.07) is 7.49. The Morgan fingerprint density at radius 2 is 1.89 bits per heavy atom. The highest BCUT2D eigenvalue weighted by Crippen LogP contribution is 2.39. The van der Waals surface area contributed by atoms with Gasteiger partial charge in [0, 0.05) is 29.3 Å². The molecule has 0 radical (unpaired) electrons. The van der Waals surface area contributed by atoms with Crippen LogP contribution in [-0.2, 0) is 4.79 Å². The molecule has 1 aliphatic heterocycles. The number of nitrogens with one attached hydrogen (secondary N) is 1. The third-order valence-electron chi connectivity index (χ3n) is 5.10. The van der Waals surface area contributed by atoms with Gasteiger partial charge in [-0.1, -0.05) is 25.5 Å². The van der Waals surface area contributed by atoms with E-state index >= 15 is 0 Å². The van der Waals surface area contributed by atoms with E-state index in [1.54, 1.807) is 10.3 Å². The van der Waals surface area contributed by atoms with E-state index in [0.717, 1.165) is 25.1 Å². The molecule has 2 heterocycles. The number of rotatable bonds is 6. The number of hydrogen-bond acceptors (Lipinski definition) is 4. The summed E-state index contributed by atoms with van der Waals surface area (Å²) >= 11 is 1.44. The predicted molar refractivity (Wildman–Crippen MR) is 117 cm³/mol. The fourth-order valence-electron chi connectivity index (χ4n) is 3.47. The Balaban J connectivity index is 1.87. The molecule has 0 atom stereocenters.